The van der Waals surface area contributed by atoms with Gasteiger partial charge in [-0.3, -0.25) is 0 Å². The Morgan fingerprint density at radius 2 is 0.333 bits per heavy atom. The maximum absolute atomic E-state index is 11.6. The second kappa shape index (κ2) is 7.35. The monoisotopic (exact) mass is 552 g/mol. The van der Waals surface area contributed by atoms with Crippen molar-refractivity contribution >= 4 is 46.1 Å². The maximum Gasteiger partial charge on any atom is 0.356 e. The first-order valence-corrected chi connectivity index (χ1v) is 13.4. The van der Waals surface area contributed by atoms with Crippen LogP contribution < -0.4 is 0 Å². The lowest BCUT2D eigenvalue weighted by Crippen LogP contribution is -2.88. The molecule has 0 saturated heterocycles. The van der Waals surface area contributed by atoms with Crippen molar-refractivity contribution in [2.45, 2.75) is 32.1 Å². The van der Waals surface area contributed by atoms with Crippen LogP contribution in [0.15, 0.2) is 0 Å². The molecule has 0 amide bonds. The maximum atomic E-state index is 11.6. The molecular weight excluding hydrogens is 546 g/mol. The van der Waals surface area contributed by atoms with Gasteiger partial charge in [0.15, 0.2) is 0 Å². The lowest BCUT2D eigenvalue weighted by molar-refractivity contribution is -0.310. The molecule has 0 radical (unpaired) electrons. The quantitative estimate of drug-likeness (QED) is 0.219. The Labute approximate surface area is 164 Å². The van der Waals surface area contributed by atoms with E-state index in [4.69, 9.17) is 0 Å². The Kier molecular flexibility index (Phi) is 6.66. The van der Waals surface area contributed by atoms with E-state index in [1.807, 2.05) is 0 Å². The molecule has 18 nitrogen and oxygen atoms in total. The molecule has 30 heavy (non-hydrogen) atoms. The highest BCUT2D eigenvalue weighted by Gasteiger charge is 3.01. The average molecular weight is 552 g/mol. The van der Waals surface area contributed by atoms with Gasteiger partial charge < -0.3 is 30.6 Å². The molecule has 6 N–H and O–H groups in total. The fourth-order valence-electron chi connectivity index (χ4n) is 2.99. The largest absolute Gasteiger partial charge is 0.369 e. The number of hydrogen-bond donors (Lipinski definition) is 6. The molecule has 168 valence electrons. The van der Waals surface area contributed by atoms with Crippen LogP contribution >= 0.6 is 46.1 Å². The van der Waals surface area contributed by atoms with Crippen LogP contribution in [0.25, 0.3) is 0 Å². The molecule has 1 aliphatic carbocycles. The Balaban J connectivity index is 4.97. The Bertz CT molecular complexity index is 925. The zero-order valence-electron chi connectivity index (χ0n) is 13.3. The normalized spacial score (nSPS) is 43.4. The summed E-state index contributed by atoms with van der Waals surface area (Å²) in [4.78, 5) is 0. The summed E-state index contributed by atoms with van der Waals surface area (Å²) in [5.41, 5.74) is 0. The van der Waals surface area contributed by atoms with Crippen LogP contribution in [0.1, 0.15) is 0 Å². The highest BCUT2D eigenvalue weighted by molar-refractivity contribution is 7.47. The van der Waals surface area contributed by atoms with Gasteiger partial charge in [0.05, 0.1) is 0 Å². The van der Waals surface area contributed by atoms with Gasteiger partial charge in [0, 0.05) is 0 Å². The minimum absolute atomic E-state index is 5.54. The molecular formula is C6H6O18P6. The molecule has 0 aromatic heterocycles. The van der Waals surface area contributed by atoms with Crippen LogP contribution in [0, 0.1) is 0 Å². The molecule has 0 atom stereocenters. The molecule has 1 saturated carbocycles. The molecule has 0 aromatic carbocycles. The predicted octanol–water partition coefficient (Wildman–Crippen LogP) is -0.831. The molecule has 24 heteroatoms. The molecule has 1 rings (SSSR count). The van der Waals surface area contributed by atoms with E-state index in [9.17, 15) is 85.4 Å². The minimum Gasteiger partial charge on any atom is -0.369 e. The van der Waals surface area contributed by atoms with Gasteiger partial charge in [0.2, 0.25) is 0 Å². The molecule has 0 spiro atoms. The van der Waals surface area contributed by atoms with E-state index in [-0.39, 0.29) is 0 Å². The summed E-state index contributed by atoms with van der Waals surface area (Å²) in [6, 6.07) is 0. The van der Waals surface area contributed by atoms with Crippen molar-refractivity contribution in [2.75, 3.05) is 0 Å². The lowest BCUT2D eigenvalue weighted by atomic mass is 9.80. The van der Waals surface area contributed by atoms with Gasteiger partial charge >= 0.3 is 46.1 Å². The third kappa shape index (κ3) is 2.34. The lowest BCUT2D eigenvalue weighted by Gasteiger charge is -2.58. The Morgan fingerprint density at radius 3 is 0.367 bits per heavy atom. The van der Waals surface area contributed by atoms with E-state index in [1.165, 1.54) is 0 Å². The van der Waals surface area contributed by atoms with E-state index in [2.05, 4.69) is 0 Å². The summed E-state index contributed by atoms with van der Waals surface area (Å²) in [6.07, 6.45) is 0. The minimum atomic E-state index is -5.62. The number of hydrogen-bond acceptors (Lipinski definition) is 18. The van der Waals surface area contributed by atoms with Gasteiger partial charge in [0.1, 0.15) is 0 Å². The first kappa shape index (κ1) is 27.2. The molecule has 0 aliphatic heterocycles. The van der Waals surface area contributed by atoms with Gasteiger partial charge in [-0.1, -0.05) is 0 Å². The molecule has 0 heterocycles. The zero-order chi connectivity index (χ0) is 24.5. The van der Waals surface area contributed by atoms with Crippen molar-refractivity contribution in [3.8, 4) is 0 Å². The topological polar surface area (TPSA) is 326 Å². The fraction of sp³-hybridized carbons (Fsp3) is 1.00. The highest BCUT2D eigenvalue weighted by Crippen LogP contribution is 2.78. The fourth-order valence-corrected chi connectivity index (χ4v) is 11.5. The summed E-state index contributed by atoms with van der Waals surface area (Å²) < 4.78 is 139. The van der Waals surface area contributed by atoms with Gasteiger partial charge in [0.25, 0.3) is 32.1 Å². The summed E-state index contributed by atoms with van der Waals surface area (Å²) in [6.45, 7) is 0. The molecule has 0 aromatic rings. The van der Waals surface area contributed by atoms with Crippen molar-refractivity contribution in [3.05, 3.63) is 0 Å². The summed E-state index contributed by atoms with van der Waals surface area (Å²) in [5.74, 6) is 0. The highest BCUT2D eigenvalue weighted by atomic mass is 31.1. The number of rotatable bonds is 6. The second-order valence-electron chi connectivity index (χ2n) is 5.58. The standard InChI is InChI=1S/C6H6O18P6/c7-1(25(13)14)2(8,26(15)16)4(10,28(19)20)6(12,30(23)24)5(11,29(21)22)3(1,9)27(17)18/h7-12H. The molecule has 1 fully saturated rings. The van der Waals surface area contributed by atoms with Gasteiger partial charge in [-0.2, -0.15) is 0 Å². The van der Waals surface area contributed by atoms with E-state index in [0.29, 0.717) is 0 Å². The SMILES string of the molecule is O=P(=O)C1(O)C(O)(P(=O)=O)C(O)(P(=O)=O)C(O)(P(=O)=O)C(O)(P(=O)=O)C1(O)P(=O)=O. The van der Waals surface area contributed by atoms with E-state index in [1.54, 1.807) is 0 Å². The van der Waals surface area contributed by atoms with Crippen LogP contribution in [0.3, 0.4) is 0 Å². The first-order chi connectivity index (χ1) is 13.2. The summed E-state index contributed by atoms with van der Waals surface area (Å²) >= 11 is 0. The van der Waals surface area contributed by atoms with Gasteiger partial charge in [-0.05, 0) is 0 Å². The number of aliphatic hydroxyl groups is 6. The zero-order valence-corrected chi connectivity index (χ0v) is 18.6. The predicted molar refractivity (Wildman–Crippen MR) is 79.5 cm³/mol. The Hall–Kier alpha value is -0.840. The van der Waals surface area contributed by atoms with E-state index >= 15 is 0 Å². The van der Waals surface area contributed by atoms with Crippen LogP contribution in [0.4, 0.5) is 0 Å². The average Bonchev–Trinajstić information content (AvgIpc) is 2.61. The molecule has 0 unspecified atom stereocenters. The first-order valence-electron chi connectivity index (χ1n) is 6.37. The van der Waals surface area contributed by atoms with Crippen molar-refractivity contribution in [3.63, 3.8) is 0 Å². The smallest absolute Gasteiger partial charge is 0.356 e. The molecule has 1 aliphatic rings. The van der Waals surface area contributed by atoms with Crippen molar-refractivity contribution in [2.24, 2.45) is 0 Å². The molecule has 0 bridgehead atoms. The second-order valence-corrected chi connectivity index (χ2v) is 12.5. The van der Waals surface area contributed by atoms with Crippen LogP contribution in [0.5, 0.6) is 0 Å². The van der Waals surface area contributed by atoms with Crippen molar-refractivity contribution < 1.29 is 85.4 Å². The van der Waals surface area contributed by atoms with Crippen molar-refractivity contribution in [1.82, 2.24) is 0 Å². The van der Waals surface area contributed by atoms with Crippen LogP contribution in [-0.2, 0) is 54.8 Å². The third-order valence-electron chi connectivity index (χ3n) is 4.50. The van der Waals surface area contributed by atoms with Crippen LogP contribution in [-0.4, -0.2) is 62.7 Å². The van der Waals surface area contributed by atoms with Gasteiger partial charge in [-0.15, -0.1) is 0 Å². The van der Waals surface area contributed by atoms with E-state index in [0.717, 1.165) is 0 Å². The van der Waals surface area contributed by atoms with Crippen LogP contribution in [0.2, 0.25) is 0 Å². The Morgan fingerprint density at radius 1 is 0.267 bits per heavy atom. The van der Waals surface area contributed by atoms with E-state index < -0.39 is 78.1 Å². The third-order valence-corrected chi connectivity index (χ3v) is 12.6. The summed E-state index contributed by atoms with van der Waals surface area (Å²) in [5, 5.41) is 28.0. The van der Waals surface area contributed by atoms with Gasteiger partial charge in [-0.25, -0.2) is 54.8 Å². The summed E-state index contributed by atoms with van der Waals surface area (Å²) in [7, 11) is -33.3. The van der Waals surface area contributed by atoms with Crippen molar-refractivity contribution in [1.29, 1.82) is 0 Å².